The number of rotatable bonds is 3. The van der Waals surface area contributed by atoms with Gasteiger partial charge in [0.15, 0.2) is 0 Å². The van der Waals surface area contributed by atoms with Crippen molar-refractivity contribution < 1.29 is 4.42 Å². The lowest BCUT2D eigenvalue weighted by atomic mass is 9.96. The predicted octanol–water partition coefficient (Wildman–Crippen LogP) is 12.9. The minimum Gasteiger partial charge on any atom is -0.456 e. The fraction of sp³-hybridized carbons (Fsp3) is 0. The molecule has 0 atom stereocenters. The molecule has 2 nitrogen and oxygen atoms in total. The maximum Gasteiger partial charge on any atom is 0.137 e. The second-order valence-corrected chi connectivity index (χ2v) is 12.8. The number of para-hydroxylation sites is 1. The highest BCUT2D eigenvalue weighted by Crippen LogP contribution is 2.43. The fourth-order valence-electron chi connectivity index (χ4n) is 7.10. The van der Waals surface area contributed by atoms with Gasteiger partial charge in [-0.15, -0.1) is 11.3 Å². The molecule has 0 spiro atoms. The number of furan rings is 1. The highest BCUT2D eigenvalue weighted by molar-refractivity contribution is 7.25. The number of hydrogen-bond acceptors (Lipinski definition) is 3. The van der Waals surface area contributed by atoms with E-state index >= 15 is 0 Å². The molecule has 0 unspecified atom stereocenters. The molecule has 0 N–H and O–H groups in total. The van der Waals surface area contributed by atoms with Crippen molar-refractivity contribution in [3.8, 4) is 0 Å². The summed E-state index contributed by atoms with van der Waals surface area (Å²) in [5.74, 6) is 0. The van der Waals surface area contributed by atoms with Crippen molar-refractivity contribution in [3.05, 3.63) is 152 Å². The van der Waals surface area contributed by atoms with Crippen LogP contribution in [0.5, 0.6) is 0 Å². The van der Waals surface area contributed by atoms with E-state index in [2.05, 4.69) is 144 Å². The summed E-state index contributed by atoms with van der Waals surface area (Å²) in [6.45, 7) is 0. The summed E-state index contributed by atoms with van der Waals surface area (Å²) in [5, 5.41) is 12.4. The first-order valence-electron chi connectivity index (χ1n) is 15.3. The summed E-state index contributed by atoms with van der Waals surface area (Å²) in [4.78, 5) is 2.37. The summed E-state index contributed by atoms with van der Waals surface area (Å²) in [5.41, 5.74) is 5.08. The van der Waals surface area contributed by atoms with Gasteiger partial charge in [-0.2, -0.15) is 0 Å². The summed E-state index contributed by atoms with van der Waals surface area (Å²) in [6.07, 6.45) is 0. The molecule has 210 valence electrons. The minimum atomic E-state index is 0.887. The largest absolute Gasteiger partial charge is 0.456 e. The predicted molar refractivity (Wildman–Crippen MR) is 194 cm³/mol. The number of fused-ring (bicyclic) bond motifs is 11. The molecule has 2 heterocycles. The van der Waals surface area contributed by atoms with Gasteiger partial charge in [0.1, 0.15) is 11.2 Å². The zero-order valence-electron chi connectivity index (χ0n) is 24.2. The maximum absolute atomic E-state index is 6.37. The Morgan fingerprint density at radius 2 is 0.911 bits per heavy atom. The van der Waals surface area contributed by atoms with E-state index < -0.39 is 0 Å². The van der Waals surface area contributed by atoms with Gasteiger partial charge >= 0.3 is 0 Å². The van der Waals surface area contributed by atoms with E-state index in [4.69, 9.17) is 4.42 Å². The fourth-order valence-corrected chi connectivity index (χ4v) is 8.19. The first-order valence-corrected chi connectivity index (χ1v) is 16.1. The molecule has 0 radical (unpaired) electrons. The molecule has 0 saturated heterocycles. The average molecular weight is 592 g/mol. The smallest absolute Gasteiger partial charge is 0.137 e. The molecule has 10 aromatic rings. The Morgan fingerprint density at radius 3 is 1.80 bits per heavy atom. The normalized spacial score (nSPS) is 12.0. The molecule has 45 heavy (non-hydrogen) atoms. The molecule has 0 fully saturated rings. The number of thiophene rings is 1. The lowest BCUT2D eigenvalue weighted by Gasteiger charge is -2.26. The maximum atomic E-state index is 6.37. The van der Waals surface area contributed by atoms with Gasteiger partial charge in [-0.3, -0.25) is 0 Å². The Bertz CT molecular complexity index is 2790. The van der Waals surface area contributed by atoms with Crippen LogP contribution in [-0.4, -0.2) is 0 Å². The molecule has 10 rings (SSSR count). The van der Waals surface area contributed by atoms with Crippen molar-refractivity contribution in [2.45, 2.75) is 0 Å². The Hall–Kier alpha value is -5.64. The van der Waals surface area contributed by atoms with E-state index in [-0.39, 0.29) is 0 Å². The van der Waals surface area contributed by atoms with Crippen LogP contribution < -0.4 is 4.90 Å². The Balaban J connectivity index is 1.24. The molecule has 0 aliphatic rings. The third-order valence-corrected chi connectivity index (χ3v) is 10.4. The SMILES string of the molecule is c1ccc2c(c1)ccc1c3cc(N(c4ccc5c(c4)oc4ccccc45)c4ccc5sc6ccccc6c5c4)ccc3ccc21. The van der Waals surface area contributed by atoms with Crippen LogP contribution in [0.2, 0.25) is 0 Å². The summed E-state index contributed by atoms with van der Waals surface area (Å²) >= 11 is 1.85. The van der Waals surface area contributed by atoms with Crippen molar-refractivity contribution >= 4 is 103 Å². The van der Waals surface area contributed by atoms with E-state index in [1.54, 1.807) is 0 Å². The molecule has 8 aromatic carbocycles. The topological polar surface area (TPSA) is 16.4 Å². The van der Waals surface area contributed by atoms with Crippen molar-refractivity contribution in [3.63, 3.8) is 0 Å². The minimum absolute atomic E-state index is 0.887. The van der Waals surface area contributed by atoms with Crippen LogP contribution in [0, 0.1) is 0 Å². The first-order chi connectivity index (χ1) is 22.3. The van der Waals surface area contributed by atoms with Crippen LogP contribution in [0.1, 0.15) is 0 Å². The van der Waals surface area contributed by atoms with Gasteiger partial charge in [-0.05, 0) is 86.9 Å². The van der Waals surface area contributed by atoms with Crippen molar-refractivity contribution in [1.29, 1.82) is 0 Å². The zero-order valence-corrected chi connectivity index (χ0v) is 25.0. The summed E-state index contributed by atoms with van der Waals surface area (Å²) in [7, 11) is 0. The number of nitrogens with zero attached hydrogens (tertiary/aromatic N) is 1. The van der Waals surface area contributed by atoms with Crippen LogP contribution in [0.4, 0.5) is 17.1 Å². The van der Waals surface area contributed by atoms with E-state index in [9.17, 15) is 0 Å². The lowest BCUT2D eigenvalue weighted by molar-refractivity contribution is 0.669. The first kappa shape index (κ1) is 24.8. The number of anilines is 3. The van der Waals surface area contributed by atoms with Crippen LogP contribution in [0.3, 0.4) is 0 Å². The second-order valence-electron chi connectivity index (χ2n) is 11.7. The zero-order chi connectivity index (χ0) is 29.5. The van der Waals surface area contributed by atoms with Crippen LogP contribution in [0.25, 0.3) is 74.4 Å². The van der Waals surface area contributed by atoms with Crippen molar-refractivity contribution in [2.75, 3.05) is 4.90 Å². The molecular weight excluding hydrogens is 567 g/mol. The van der Waals surface area contributed by atoms with E-state index in [0.29, 0.717) is 0 Å². The molecule has 0 aliphatic heterocycles. The Labute approximate surface area is 263 Å². The van der Waals surface area contributed by atoms with E-state index in [1.165, 1.54) is 52.5 Å². The van der Waals surface area contributed by atoms with Gasteiger partial charge in [-0.25, -0.2) is 0 Å². The molecule has 0 bridgehead atoms. The second kappa shape index (κ2) is 9.43. The Kier molecular flexibility index (Phi) is 5.19. The molecule has 0 aliphatic carbocycles. The van der Waals surface area contributed by atoms with Gasteiger partial charge in [0.25, 0.3) is 0 Å². The average Bonchev–Trinajstić information content (AvgIpc) is 3.66. The highest BCUT2D eigenvalue weighted by Gasteiger charge is 2.18. The quantitative estimate of drug-likeness (QED) is 0.190. The molecule has 0 saturated carbocycles. The molecule has 0 amide bonds. The Morgan fingerprint density at radius 1 is 0.356 bits per heavy atom. The highest BCUT2D eigenvalue weighted by atomic mass is 32.1. The van der Waals surface area contributed by atoms with E-state index in [1.807, 2.05) is 23.5 Å². The monoisotopic (exact) mass is 591 g/mol. The summed E-state index contributed by atoms with van der Waals surface area (Å²) < 4.78 is 8.98. The van der Waals surface area contributed by atoms with Gasteiger partial charge in [0, 0.05) is 54.1 Å². The van der Waals surface area contributed by atoms with Crippen LogP contribution >= 0.6 is 11.3 Å². The van der Waals surface area contributed by atoms with Gasteiger partial charge in [-0.1, -0.05) is 91.0 Å². The number of benzene rings is 8. The van der Waals surface area contributed by atoms with Gasteiger partial charge in [0.2, 0.25) is 0 Å². The van der Waals surface area contributed by atoms with Gasteiger partial charge < -0.3 is 9.32 Å². The third kappa shape index (κ3) is 3.75. The van der Waals surface area contributed by atoms with Crippen LogP contribution in [0.15, 0.2) is 156 Å². The van der Waals surface area contributed by atoms with Gasteiger partial charge in [0.05, 0.1) is 0 Å². The lowest BCUT2D eigenvalue weighted by Crippen LogP contribution is -2.09. The van der Waals surface area contributed by atoms with Crippen molar-refractivity contribution in [1.82, 2.24) is 0 Å². The van der Waals surface area contributed by atoms with Crippen molar-refractivity contribution in [2.24, 2.45) is 0 Å². The molecular formula is C42H25NOS. The third-order valence-electron chi connectivity index (χ3n) is 9.22. The number of hydrogen-bond donors (Lipinski definition) is 0. The molecule has 3 heteroatoms. The van der Waals surface area contributed by atoms with E-state index in [0.717, 1.165) is 39.0 Å². The summed E-state index contributed by atoms with van der Waals surface area (Å²) in [6, 6.07) is 55.0. The molecule has 2 aromatic heterocycles. The standard InChI is InChI=1S/C42H25NOS/c1-2-8-31-26(7-1)14-20-33-32(31)19-15-27-13-16-28(23-37(27)33)43(29-18-22-42-38(24-29)36-10-4-6-12-41(36)45-42)30-17-21-35-34-9-3-5-11-39(34)44-40(35)25-30/h1-25H. The van der Waals surface area contributed by atoms with Crippen LogP contribution in [-0.2, 0) is 0 Å².